The lowest BCUT2D eigenvalue weighted by Gasteiger charge is -2.14. The van der Waals surface area contributed by atoms with E-state index in [0.29, 0.717) is 11.7 Å². The lowest BCUT2D eigenvalue weighted by atomic mass is 10.0. The normalized spacial score (nSPS) is 11.2. The number of benzene rings is 1. The molecule has 3 rings (SSSR count). The monoisotopic (exact) mass is 267 g/mol. The molecule has 2 aromatic heterocycles. The van der Waals surface area contributed by atoms with E-state index >= 15 is 0 Å². The third-order valence-corrected chi connectivity index (χ3v) is 3.40. The molecule has 0 N–H and O–H groups in total. The Morgan fingerprint density at radius 2 is 1.90 bits per heavy atom. The Bertz CT molecular complexity index is 732. The maximum atomic E-state index is 5.95. The van der Waals surface area contributed by atoms with Crippen LogP contribution in [0.15, 0.2) is 43.1 Å². The first-order valence-corrected chi connectivity index (χ1v) is 6.67. The van der Waals surface area contributed by atoms with Crippen molar-refractivity contribution in [2.75, 3.05) is 0 Å². The topological polar surface area (TPSA) is 39.9 Å². The van der Waals surface area contributed by atoms with Gasteiger partial charge < -0.3 is 9.30 Å². The molecule has 3 aromatic rings. The molecular formula is C16H17N3O. The zero-order chi connectivity index (χ0) is 14.1. The molecule has 0 spiro atoms. The number of nitrogens with zero attached hydrogens (tertiary/aromatic N) is 3. The highest BCUT2D eigenvalue weighted by Crippen LogP contribution is 2.34. The van der Waals surface area contributed by atoms with Gasteiger partial charge in [0.15, 0.2) is 5.75 Å². The van der Waals surface area contributed by atoms with Crippen molar-refractivity contribution in [3.63, 3.8) is 0 Å². The molecule has 0 saturated heterocycles. The number of fused-ring (bicyclic) bond motifs is 1. The van der Waals surface area contributed by atoms with E-state index in [2.05, 4.69) is 59.8 Å². The predicted octanol–water partition coefficient (Wildman–Crippen LogP) is 3.88. The number of ether oxygens (including phenoxy) is 1. The largest absolute Gasteiger partial charge is 0.454 e. The first kappa shape index (κ1) is 12.7. The van der Waals surface area contributed by atoms with Gasteiger partial charge in [0.2, 0.25) is 0 Å². The summed E-state index contributed by atoms with van der Waals surface area (Å²) >= 11 is 0. The van der Waals surface area contributed by atoms with Gasteiger partial charge in [0, 0.05) is 24.1 Å². The van der Waals surface area contributed by atoms with Gasteiger partial charge in [-0.2, -0.15) is 0 Å². The van der Waals surface area contributed by atoms with Crippen molar-refractivity contribution >= 4 is 10.9 Å². The number of hydrogen-bond donors (Lipinski definition) is 0. The Morgan fingerprint density at radius 3 is 2.60 bits per heavy atom. The summed E-state index contributed by atoms with van der Waals surface area (Å²) in [4.78, 5) is 7.96. The van der Waals surface area contributed by atoms with Crippen molar-refractivity contribution in [2.45, 2.75) is 19.8 Å². The average Bonchev–Trinajstić information content (AvgIpc) is 2.80. The van der Waals surface area contributed by atoms with Gasteiger partial charge in [-0.05, 0) is 29.7 Å². The summed E-state index contributed by atoms with van der Waals surface area (Å²) < 4.78 is 8.08. The molecule has 0 amide bonds. The molecule has 0 bridgehead atoms. The van der Waals surface area contributed by atoms with E-state index in [1.807, 2.05) is 0 Å². The molecular weight excluding hydrogens is 250 g/mol. The molecule has 0 atom stereocenters. The molecule has 4 nitrogen and oxygen atoms in total. The number of aromatic nitrogens is 3. The van der Waals surface area contributed by atoms with Crippen molar-refractivity contribution in [3.05, 3.63) is 48.7 Å². The van der Waals surface area contributed by atoms with Crippen molar-refractivity contribution in [2.24, 2.45) is 7.05 Å². The number of hydrogen-bond acceptors (Lipinski definition) is 3. The molecule has 20 heavy (non-hydrogen) atoms. The average molecular weight is 267 g/mol. The quantitative estimate of drug-likeness (QED) is 0.723. The van der Waals surface area contributed by atoms with Gasteiger partial charge in [0.1, 0.15) is 12.1 Å². The first-order chi connectivity index (χ1) is 9.65. The minimum atomic E-state index is 0.383. The van der Waals surface area contributed by atoms with Crippen molar-refractivity contribution in [1.29, 1.82) is 0 Å². The van der Waals surface area contributed by atoms with Crippen LogP contribution in [-0.2, 0) is 7.05 Å². The Kier molecular flexibility index (Phi) is 3.14. The van der Waals surface area contributed by atoms with Crippen LogP contribution in [0.3, 0.4) is 0 Å². The van der Waals surface area contributed by atoms with Crippen LogP contribution in [0.2, 0.25) is 0 Å². The third kappa shape index (κ3) is 2.25. The molecule has 102 valence electrons. The standard InChI is InChI=1S/C16H17N3O/c1-11(2)14-7-15-12(4-5-19(15)3)6-16(14)20-13-8-17-10-18-9-13/h4-11H,1-3H3. The van der Waals surface area contributed by atoms with Crippen LogP contribution in [-0.4, -0.2) is 14.5 Å². The van der Waals surface area contributed by atoms with Crippen LogP contribution in [0.25, 0.3) is 10.9 Å². The number of rotatable bonds is 3. The van der Waals surface area contributed by atoms with Crippen LogP contribution in [0.4, 0.5) is 0 Å². The smallest absolute Gasteiger partial charge is 0.164 e. The fourth-order valence-corrected chi connectivity index (χ4v) is 2.32. The SMILES string of the molecule is CC(C)c1cc2c(ccn2C)cc1Oc1cncnc1. The predicted molar refractivity (Wildman–Crippen MR) is 79.1 cm³/mol. The molecule has 0 aliphatic carbocycles. The van der Waals surface area contributed by atoms with Crippen LogP contribution >= 0.6 is 0 Å². The Morgan fingerprint density at radius 1 is 1.15 bits per heavy atom. The minimum absolute atomic E-state index is 0.383. The second-order valence-electron chi connectivity index (χ2n) is 5.21. The third-order valence-electron chi connectivity index (χ3n) is 3.40. The van der Waals surface area contributed by atoms with E-state index < -0.39 is 0 Å². The van der Waals surface area contributed by atoms with E-state index in [1.165, 1.54) is 22.8 Å². The highest BCUT2D eigenvalue weighted by molar-refractivity contribution is 5.83. The van der Waals surface area contributed by atoms with Gasteiger partial charge in [0.05, 0.1) is 12.4 Å². The first-order valence-electron chi connectivity index (χ1n) is 6.67. The summed E-state index contributed by atoms with van der Waals surface area (Å²) in [5, 5.41) is 1.17. The van der Waals surface area contributed by atoms with Crippen LogP contribution in [0.5, 0.6) is 11.5 Å². The molecule has 4 heteroatoms. The summed E-state index contributed by atoms with van der Waals surface area (Å²) in [5.41, 5.74) is 2.40. The lowest BCUT2D eigenvalue weighted by molar-refractivity contribution is 0.469. The van der Waals surface area contributed by atoms with Crippen molar-refractivity contribution in [1.82, 2.24) is 14.5 Å². The highest BCUT2D eigenvalue weighted by Gasteiger charge is 2.12. The zero-order valence-electron chi connectivity index (χ0n) is 11.9. The summed E-state index contributed by atoms with van der Waals surface area (Å²) in [5.74, 6) is 1.91. The molecule has 0 saturated carbocycles. The van der Waals surface area contributed by atoms with Crippen LogP contribution < -0.4 is 4.74 Å². The van der Waals surface area contributed by atoms with Gasteiger partial charge in [-0.15, -0.1) is 0 Å². The minimum Gasteiger partial charge on any atom is -0.454 e. The fourth-order valence-electron chi connectivity index (χ4n) is 2.32. The van der Waals surface area contributed by atoms with Crippen LogP contribution in [0.1, 0.15) is 25.3 Å². The summed E-state index contributed by atoms with van der Waals surface area (Å²) in [6, 6.07) is 6.37. The zero-order valence-corrected chi connectivity index (χ0v) is 11.9. The van der Waals surface area contributed by atoms with Crippen molar-refractivity contribution < 1.29 is 4.74 Å². The molecule has 0 unspecified atom stereocenters. The lowest BCUT2D eigenvalue weighted by Crippen LogP contribution is -1.96. The highest BCUT2D eigenvalue weighted by atomic mass is 16.5. The second-order valence-corrected chi connectivity index (χ2v) is 5.21. The Labute approximate surface area is 118 Å². The molecule has 0 radical (unpaired) electrons. The number of aryl methyl sites for hydroxylation is 1. The summed E-state index contributed by atoms with van der Waals surface area (Å²) in [6.07, 6.45) is 6.90. The molecule has 0 fully saturated rings. The molecule has 2 heterocycles. The van der Waals surface area contributed by atoms with E-state index in [0.717, 1.165) is 5.75 Å². The van der Waals surface area contributed by atoms with Crippen LogP contribution in [0, 0.1) is 0 Å². The second kappa shape index (κ2) is 4.96. The van der Waals surface area contributed by atoms with Gasteiger partial charge in [-0.3, -0.25) is 0 Å². The van der Waals surface area contributed by atoms with Gasteiger partial charge in [0.25, 0.3) is 0 Å². The van der Waals surface area contributed by atoms with E-state index in [1.54, 1.807) is 12.4 Å². The van der Waals surface area contributed by atoms with Gasteiger partial charge in [-0.1, -0.05) is 13.8 Å². The molecule has 1 aromatic carbocycles. The van der Waals surface area contributed by atoms with E-state index in [9.17, 15) is 0 Å². The summed E-state index contributed by atoms with van der Waals surface area (Å²) in [7, 11) is 2.05. The maximum Gasteiger partial charge on any atom is 0.164 e. The fraction of sp³-hybridized carbons (Fsp3) is 0.250. The molecule has 0 aliphatic heterocycles. The van der Waals surface area contributed by atoms with Gasteiger partial charge in [-0.25, -0.2) is 9.97 Å². The Balaban J connectivity index is 2.10. The van der Waals surface area contributed by atoms with E-state index in [4.69, 9.17) is 4.74 Å². The molecule has 0 aliphatic rings. The van der Waals surface area contributed by atoms with Crippen molar-refractivity contribution in [3.8, 4) is 11.5 Å². The van der Waals surface area contributed by atoms with Gasteiger partial charge >= 0.3 is 0 Å². The van der Waals surface area contributed by atoms with E-state index in [-0.39, 0.29) is 0 Å². The Hall–Kier alpha value is -2.36. The maximum absolute atomic E-state index is 5.95. The summed E-state index contributed by atoms with van der Waals surface area (Å²) in [6.45, 7) is 4.33.